The van der Waals surface area contributed by atoms with E-state index in [9.17, 15) is 0 Å². The third-order valence-corrected chi connectivity index (χ3v) is 3.33. The molecule has 2 rings (SSSR count). The summed E-state index contributed by atoms with van der Waals surface area (Å²) in [5.41, 5.74) is 0. The van der Waals surface area contributed by atoms with Gasteiger partial charge >= 0.3 is 0 Å². The molecule has 2 aliphatic rings. The number of hydrogen-bond donors (Lipinski definition) is 0. The van der Waals surface area contributed by atoms with Crippen LogP contribution >= 0.6 is 0 Å². The van der Waals surface area contributed by atoms with Gasteiger partial charge in [-0.25, -0.2) is 0 Å². The molecular formula is C12H20O5. The monoisotopic (exact) mass is 244 g/mol. The molecule has 0 radical (unpaired) electrons. The Morgan fingerprint density at radius 3 is 2.82 bits per heavy atom. The summed E-state index contributed by atoms with van der Waals surface area (Å²) < 4.78 is 26.5. The van der Waals surface area contributed by atoms with Gasteiger partial charge in [-0.2, -0.15) is 0 Å². The third kappa shape index (κ3) is 2.98. The molecule has 0 aromatic heterocycles. The Morgan fingerprint density at radius 2 is 2.06 bits per heavy atom. The van der Waals surface area contributed by atoms with Crippen LogP contribution in [-0.4, -0.2) is 46.6 Å². The first-order valence-corrected chi connectivity index (χ1v) is 5.86. The van der Waals surface area contributed by atoms with Crippen LogP contribution in [0.25, 0.3) is 0 Å². The van der Waals surface area contributed by atoms with Crippen LogP contribution in [0.4, 0.5) is 0 Å². The van der Waals surface area contributed by atoms with Crippen LogP contribution < -0.4 is 0 Å². The lowest BCUT2D eigenvalue weighted by Gasteiger charge is -2.22. The SMILES string of the molecule is COCOC[C@H]1[C@@H]2C=CO[C@@H]2C[C@@H]1OCOC. The lowest BCUT2D eigenvalue weighted by Crippen LogP contribution is -2.27. The zero-order valence-corrected chi connectivity index (χ0v) is 10.3. The zero-order valence-electron chi connectivity index (χ0n) is 10.3. The van der Waals surface area contributed by atoms with Crippen molar-refractivity contribution in [2.45, 2.75) is 18.6 Å². The van der Waals surface area contributed by atoms with Crippen molar-refractivity contribution >= 4 is 0 Å². The van der Waals surface area contributed by atoms with Gasteiger partial charge in [-0.3, -0.25) is 0 Å². The van der Waals surface area contributed by atoms with Crippen LogP contribution in [0, 0.1) is 11.8 Å². The molecule has 17 heavy (non-hydrogen) atoms. The van der Waals surface area contributed by atoms with Gasteiger partial charge in [-0.1, -0.05) is 0 Å². The van der Waals surface area contributed by atoms with Crippen molar-refractivity contribution in [1.29, 1.82) is 0 Å². The van der Waals surface area contributed by atoms with E-state index in [0.717, 1.165) is 6.42 Å². The molecule has 5 heteroatoms. The fraction of sp³-hybridized carbons (Fsp3) is 0.833. The number of rotatable bonds is 7. The van der Waals surface area contributed by atoms with Gasteiger partial charge in [0.15, 0.2) is 0 Å². The summed E-state index contributed by atoms with van der Waals surface area (Å²) in [6.07, 6.45) is 5.13. The largest absolute Gasteiger partial charge is 0.498 e. The minimum atomic E-state index is 0.131. The average molecular weight is 244 g/mol. The summed E-state index contributed by atoms with van der Waals surface area (Å²) in [4.78, 5) is 0. The smallest absolute Gasteiger partial charge is 0.146 e. The fourth-order valence-corrected chi connectivity index (χ4v) is 2.57. The minimum Gasteiger partial charge on any atom is -0.498 e. The fourth-order valence-electron chi connectivity index (χ4n) is 2.57. The molecule has 1 fully saturated rings. The molecular weight excluding hydrogens is 224 g/mol. The highest BCUT2D eigenvalue weighted by atomic mass is 16.7. The molecule has 0 aromatic carbocycles. The van der Waals surface area contributed by atoms with Crippen LogP contribution in [0.1, 0.15) is 6.42 Å². The van der Waals surface area contributed by atoms with E-state index in [0.29, 0.717) is 32.0 Å². The summed E-state index contributed by atoms with van der Waals surface area (Å²) in [5, 5.41) is 0. The summed E-state index contributed by atoms with van der Waals surface area (Å²) in [6.45, 7) is 1.25. The van der Waals surface area contributed by atoms with Gasteiger partial charge in [0.05, 0.1) is 19.0 Å². The van der Waals surface area contributed by atoms with Gasteiger partial charge in [0.1, 0.15) is 19.7 Å². The zero-order chi connectivity index (χ0) is 12.1. The van der Waals surface area contributed by atoms with E-state index in [1.807, 2.05) is 0 Å². The Balaban J connectivity index is 1.88. The molecule has 0 unspecified atom stereocenters. The topological polar surface area (TPSA) is 46.2 Å². The van der Waals surface area contributed by atoms with Crippen LogP contribution in [0.3, 0.4) is 0 Å². The Labute approximate surface area is 102 Å². The lowest BCUT2D eigenvalue weighted by molar-refractivity contribution is -0.109. The maximum Gasteiger partial charge on any atom is 0.146 e. The summed E-state index contributed by atoms with van der Waals surface area (Å²) >= 11 is 0. The number of methoxy groups -OCH3 is 2. The third-order valence-electron chi connectivity index (χ3n) is 3.33. The standard InChI is InChI=1S/C12H20O5/c1-13-7-15-6-10-9-3-4-16-11(9)5-12(10)17-8-14-2/h3-4,9-12H,5-8H2,1-2H3/t9-,10-,11+,12-/m0/s1. The van der Waals surface area contributed by atoms with Crippen molar-refractivity contribution < 1.29 is 23.7 Å². The van der Waals surface area contributed by atoms with Gasteiger partial charge < -0.3 is 23.7 Å². The Kier molecular flexibility index (Phi) is 4.79. The highest BCUT2D eigenvalue weighted by Gasteiger charge is 2.45. The molecule has 0 spiro atoms. The van der Waals surface area contributed by atoms with Gasteiger partial charge in [-0.05, 0) is 6.08 Å². The molecule has 1 heterocycles. The second-order valence-electron chi connectivity index (χ2n) is 4.37. The first-order chi connectivity index (χ1) is 8.36. The molecule has 0 N–H and O–H groups in total. The molecule has 0 amide bonds. The van der Waals surface area contributed by atoms with Crippen molar-refractivity contribution in [3.8, 4) is 0 Å². The first kappa shape index (κ1) is 12.8. The van der Waals surface area contributed by atoms with E-state index < -0.39 is 0 Å². The maximum atomic E-state index is 5.67. The molecule has 0 saturated heterocycles. The molecule has 4 atom stereocenters. The predicted octanol–water partition coefficient (Wildman–Crippen LogP) is 1.14. The van der Waals surface area contributed by atoms with E-state index in [4.69, 9.17) is 23.7 Å². The normalized spacial score (nSPS) is 34.9. The maximum absolute atomic E-state index is 5.67. The second-order valence-corrected chi connectivity index (χ2v) is 4.37. The second kappa shape index (κ2) is 6.35. The van der Waals surface area contributed by atoms with E-state index in [1.54, 1.807) is 20.5 Å². The number of fused-ring (bicyclic) bond motifs is 1. The van der Waals surface area contributed by atoms with E-state index in [-0.39, 0.29) is 12.2 Å². The van der Waals surface area contributed by atoms with Crippen molar-refractivity contribution in [2.24, 2.45) is 11.8 Å². The highest BCUT2D eigenvalue weighted by Crippen LogP contribution is 2.40. The highest BCUT2D eigenvalue weighted by molar-refractivity contribution is 5.06. The van der Waals surface area contributed by atoms with Crippen molar-refractivity contribution in [1.82, 2.24) is 0 Å². The van der Waals surface area contributed by atoms with Crippen LogP contribution in [0.15, 0.2) is 12.3 Å². The number of hydrogen-bond acceptors (Lipinski definition) is 5. The summed E-state index contributed by atoms with van der Waals surface area (Å²) in [5.74, 6) is 0.692. The van der Waals surface area contributed by atoms with Crippen LogP contribution in [-0.2, 0) is 23.7 Å². The van der Waals surface area contributed by atoms with Gasteiger partial charge in [0, 0.05) is 32.5 Å². The molecule has 0 bridgehead atoms. The molecule has 5 nitrogen and oxygen atoms in total. The molecule has 98 valence electrons. The van der Waals surface area contributed by atoms with E-state index in [2.05, 4.69) is 6.08 Å². The van der Waals surface area contributed by atoms with Gasteiger partial charge in [-0.15, -0.1) is 0 Å². The Bertz CT molecular complexity index is 255. The van der Waals surface area contributed by atoms with Crippen LogP contribution in [0.2, 0.25) is 0 Å². The van der Waals surface area contributed by atoms with Gasteiger partial charge in [0.2, 0.25) is 0 Å². The molecule has 1 aliphatic carbocycles. The van der Waals surface area contributed by atoms with Crippen molar-refractivity contribution in [2.75, 3.05) is 34.4 Å². The Hall–Kier alpha value is -0.620. The Morgan fingerprint density at radius 1 is 1.24 bits per heavy atom. The quantitative estimate of drug-likeness (QED) is 0.496. The van der Waals surface area contributed by atoms with Gasteiger partial charge in [0.25, 0.3) is 0 Å². The predicted molar refractivity (Wildman–Crippen MR) is 60.2 cm³/mol. The average Bonchev–Trinajstić information content (AvgIpc) is 2.89. The summed E-state index contributed by atoms with van der Waals surface area (Å²) in [6, 6.07) is 0. The number of ether oxygens (including phenoxy) is 5. The minimum absolute atomic E-state index is 0.131. The molecule has 1 saturated carbocycles. The van der Waals surface area contributed by atoms with E-state index in [1.165, 1.54) is 0 Å². The molecule has 0 aromatic rings. The van der Waals surface area contributed by atoms with E-state index >= 15 is 0 Å². The lowest BCUT2D eigenvalue weighted by atomic mass is 9.95. The molecule has 1 aliphatic heterocycles. The van der Waals surface area contributed by atoms with Crippen molar-refractivity contribution in [3.05, 3.63) is 12.3 Å². The first-order valence-electron chi connectivity index (χ1n) is 5.86. The van der Waals surface area contributed by atoms with Crippen molar-refractivity contribution in [3.63, 3.8) is 0 Å². The summed E-state index contributed by atoms with van der Waals surface area (Å²) in [7, 11) is 3.25. The van der Waals surface area contributed by atoms with Crippen LogP contribution in [0.5, 0.6) is 0 Å².